The van der Waals surface area contributed by atoms with Gasteiger partial charge in [-0.2, -0.15) is 0 Å². The number of carbonyl (C=O) groups excluding carboxylic acids is 1. The highest BCUT2D eigenvalue weighted by molar-refractivity contribution is 5.83. The Kier molecular flexibility index (Phi) is 2.68. The van der Waals surface area contributed by atoms with Crippen molar-refractivity contribution in [3.8, 4) is 11.3 Å². The second-order valence-corrected chi connectivity index (χ2v) is 3.24. The number of aryl methyl sites for hydroxylation is 1. The van der Waals surface area contributed by atoms with Crippen LogP contribution >= 0.6 is 0 Å². The van der Waals surface area contributed by atoms with E-state index in [9.17, 15) is 9.18 Å². The number of hydrogen-bond acceptors (Lipinski definition) is 3. The van der Waals surface area contributed by atoms with Gasteiger partial charge in [0.05, 0.1) is 0 Å². The fraction of sp³-hybridized carbons (Fsp3) is 0.0909. The van der Waals surface area contributed by atoms with Crippen molar-refractivity contribution in [1.82, 2.24) is 5.16 Å². The van der Waals surface area contributed by atoms with E-state index in [1.165, 1.54) is 12.1 Å². The molecule has 4 nitrogen and oxygen atoms in total. The van der Waals surface area contributed by atoms with Crippen LogP contribution in [-0.4, -0.2) is 11.6 Å². The van der Waals surface area contributed by atoms with Gasteiger partial charge in [-0.3, -0.25) is 4.79 Å². The van der Waals surface area contributed by atoms with Crippen LogP contribution in [0.4, 0.5) is 10.1 Å². The van der Waals surface area contributed by atoms with Gasteiger partial charge in [0.15, 0.2) is 5.76 Å². The lowest BCUT2D eigenvalue weighted by Gasteiger charge is -2.00. The molecule has 82 valence electrons. The number of halogens is 1. The summed E-state index contributed by atoms with van der Waals surface area (Å²) in [5, 5.41) is 6.21. The zero-order chi connectivity index (χ0) is 11.5. The second-order valence-electron chi connectivity index (χ2n) is 3.24. The maximum Gasteiger partial charge on any atom is 0.211 e. The van der Waals surface area contributed by atoms with Crippen LogP contribution < -0.4 is 5.32 Å². The average molecular weight is 220 g/mol. The van der Waals surface area contributed by atoms with Crippen LogP contribution in [0.1, 0.15) is 5.69 Å². The monoisotopic (exact) mass is 220 g/mol. The molecule has 0 unspecified atom stereocenters. The Bertz CT molecular complexity index is 522. The van der Waals surface area contributed by atoms with Gasteiger partial charge >= 0.3 is 0 Å². The first-order valence-corrected chi connectivity index (χ1v) is 4.65. The lowest BCUT2D eigenvalue weighted by Crippen LogP contribution is -1.95. The molecule has 1 aromatic heterocycles. The fourth-order valence-electron chi connectivity index (χ4n) is 1.43. The highest BCUT2D eigenvalue weighted by Crippen LogP contribution is 2.30. The zero-order valence-corrected chi connectivity index (χ0v) is 8.53. The van der Waals surface area contributed by atoms with Crippen molar-refractivity contribution in [2.45, 2.75) is 6.92 Å². The van der Waals surface area contributed by atoms with Gasteiger partial charge in [0.2, 0.25) is 6.41 Å². The number of aromatic nitrogens is 1. The van der Waals surface area contributed by atoms with Crippen molar-refractivity contribution in [2.75, 3.05) is 5.32 Å². The van der Waals surface area contributed by atoms with E-state index in [2.05, 4.69) is 10.5 Å². The molecule has 1 N–H and O–H groups in total. The summed E-state index contributed by atoms with van der Waals surface area (Å²) in [4.78, 5) is 10.4. The predicted molar refractivity (Wildman–Crippen MR) is 56.3 cm³/mol. The van der Waals surface area contributed by atoms with Crippen molar-refractivity contribution < 1.29 is 13.7 Å². The molecule has 2 aromatic rings. The van der Waals surface area contributed by atoms with Crippen molar-refractivity contribution in [1.29, 1.82) is 0 Å². The van der Waals surface area contributed by atoms with Gasteiger partial charge in [-0.1, -0.05) is 17.3 Å². The first-order valence-electron chi connectivity index (χ1n) is 4.65. The van der Waals surface area contributed by atoms with E-state index in [-0.39, 0.29) is 5.82 Å². The largest absolute Gasteiger partial charge is 0.354 e. The van der Waals surface area contributed by atoms with Gasteiger partial charge in [-0.25, -0.2) is 4.39 Å². The lowest BCUT2D eigenvalue weighted by atomic mass is 10.1. The van der Waals surface area contributed by atoms with Gasteiger partial charge in [0, 0.05) is 5.56 Å². The smallest absolute Gasteiger partial charge is 0.211 e. The molecule has 0 aliphatic rings. The van der Waals surface area contributed by atoms with Crippen molar-refractivity contribution >= 4 is 12.1 Å². The van der Waals surface area contributed by atoms with Gasteiger partial charge < -0.3 is 9.84 Å². The van der Waals surface area contributed by atoms with Crippen LogP contribution in [0.5, 0.6) is 0 Å². The van der Waals surface area contributed by atoms with E-state index in [1.54, 1.807) is 19.1 Å². The number of amides is 1. The Hall–Kier alpha value is -2.17. The Morgan fingerprint density at radius 3 is 3.00 bits per heavy atom. The molecule has 2 rings (SSSR count). The first kappa shape index (κ1) is 10.4. The summed E-state index contributed by atoms with van der Waals surface area (Å²) in [5.41, 5.74) is 1.54. The van der Waals surface area contributed by atoms with E-state index in [4.69, 9.17) is 4.52 Å². The molecular weight excluding hydrogens is 211 g/mol. The summed E-state index contributed by atoms with van der Waals surface area (Å²) < 4.78 is 18.1. The molecule has 0 spiro atoms. The molecule has 16 heavy (non-hydrogen) atoms. The SMILES string of the molecule is Cc1noc(-c2cccc(F)c2)c1NC=O. The Morgan fingerprint density at radius 2 is 2.31 bits per heavy atom. The van der Waals surface area contributed by atoms with Gasteiger partial charge in [0.25, 0.3) is 0 Å². The van der Waals surface area contributed by atoms with Gasteiger partial charge in [0.1, 0.15) is 17.2 Å². The second kappa shape index (κ2) is 4.14. The number of nitrogens with zero attached hydrogens (tertiary/aromatic N) is 1. The van der Waals surface area contributed by atoms with E-state index in [1.807, 2.05) is 0 Å². The Balaban J connectivity index is 2.51. The van der Waals surface area contributed by atoms with E-state index < -0.39 is 0 Å². The third kappa shape index (κ3) is 1.79. The van der Waals surface area contributed by atoms with Crippen molar-refractivity contribution in [3.05, 3.63) is 35.8 Å². The minimum absolute atomic E-state index is 0.351. The lowest BCUT2D eigenvalue weighted by molar-refractivity contribution is -0.105. The number of nitrogens with one attached hydrogen (secondary N) is 1. The maximum absolute atomic E-state index is 13.0. The summed E-state index contributed by atoms with van der Waals surface area (Å²) in [6, 6.07) is 5.89. The molecule has 1 heterocycles. The normalized spacial score (nSPS) is 10.1. The summed E-state index contributed by atoms with van der Waals surface area (Å²) in [7, 11) is 0. The van der Waals surface area contributed by atoms with Crippen LogP contribution in [-0.2, 0) is 4.79 Å². The van der Waals surface area contributed by atoms with Crippen LogP contribution in [0.2, 0.25) is 0 Å². The molecule has 0 saturated carbocycles. The summed E-state index contributed by atoms with van der Waals surface area (Å²) in [5.74, 6) is -0.0206. The summed E-state index contributed by atoms with van der Waals surface area (Å²) in [6.07, 6.45) is 0.530. The van der Waals surface area contributed by atoms with E-state index in [0.717, 1.165) is 0 Å². The first-order chi connectivity index (χ1) is 7.72. The molecule has 0 saturated heterocycles. The molecular formula is C11H9FN2O2. The highest BCUT2D eigenvalue weighted by atomic mass is 19.1. The standard InChI is InChI=1S/C11H9FN2O2/c1-7-10(13-6-15)11(16-14-7)8-3-2-4-9(12)5-8/h2-6H,1H3,(H,13,15). The fourth-order valence-corrected chi connectivity index (χ4v) is 1.43. The molecule has 0 radical (unpaired) electrons. The average Bonchev–Trinajstić information content (AvgIpc) is 2.61. The number of anilines is 1. The zero-order valence-electron chi connectivity index (χ0n) is 8.53. The molecule has 1 aromatic carbocycles. The maximum atomic E-state index is 13.0. The van der Waals surface area contributed by atoms with Gasteiger partial charge in [-0.05, 0) is 19.1 Å². The predicted octanol–water partition coefficient (Wildman–Crippen LogP) is 2.36. The van der Waals surface area contributed by atoms with Crippen LogP contribution in [0, 0.1) is 12.7 Å². The molecule has 0 aliphatic heterocycles. The number of hydrogen-bond donors (Lipinski definition) is 1. The van der Waals surface area contributed by atoms with E-state index >= 15 is 0 Å². The topological polar surface area (TPSA) is 55.1 Å². The minimum atomic E-state index is -0.372. The van der Waals surface area contributed by atoms with E-state index in [0.29, 0.717) is 29.1 Å². The molecule has 0 aliphatic carbocycles. The Labute approximate surface area is 91.1 Å². The molecule has 1 amide bonds. The summed E-state index contributed by atoms with van der Waals surface area (Å²) in [6.45, 7) is 1.69. The van der Waals surface area contributed by atoms with Crippen LogP contribution in [0.15, 0.2) is 28.8 Å². The molecule has 5 heteroatoms. The molecule has 0 fully saturated rings. The summed E-state index contributed by atoms with van der Waals surface area (Å²) >= 11 is 0. The van der Waals surface area contributed by atoms with Crippen molar-refractivity contribution in [2.24, 2.45) is 0 Å². The van der Waals surface area contributed by atoms with Gasteiger partial charge in [-0.15, -0.1) is 0 Å². The van der Waals surface area contributed by atoms with Crippen LogP contribution in [0.25, 0.3) is 11.3 Å². The number of benzene rings is 1. The van der Waals surface area contributed by atoms with Crippen molar-refractivity contribution in [3.63, 3.8) is 0 Å². The van der Waals surface area contributed by atoms with Crippen LogP contribution in [0.3, 0.4) is 0 Å². The minimum Gasteiger partial charge on any atom is -0.354 e. The number of rotatable bonds is 3. The molecule has 0 bridgehead atoms. The Morgan fingerprint density at radius 1 is 1.50 bits per heavy atom. The third-order valence-electron chi connectivity index (χ3n) is 2.15. The third-order valence-corrected chi connectivity index (χ3v) is 2.15. The highest BCUT2D eigenvalue weighted by Gasteiger charge is 2.14. The quantitative estimate of drug-likeness (QED) is 0.808. The molecule has 0 atom stereocenters. The number of carbonyl (C=O) groups is 1.